The molecule has 4 nitrogen and oxygen atoms in total. The molecule has 3 aromatic rings. The van der Waals surface area contributed by atoms with Crippen LogP contribution in [-0.4, -0.2) is 26.6 Å². The van der Waals surface area contributed by atoms with Crippen molar-refractivity contribution >= 4 is 28.9 Å². The number of benzene rings is 1. The number of rotatable bonds is 3. The van der Waals surface area contributed by atoms with Gasteiger partial charge in [-0.2, -0.15) is 0 Å². The molecule has 0 amide bonds. The Morgan fingerprint density at radius 3 is 2.77 bits per heavy atom. The molecule has 2 aromatic heterocycles. The van der Waals surface area contributed by atoms with Gasteiger partial charge in [0.15, 0.2) is 5.11 Å². The largest absolute Gasteiger partial charge is 0.352 e. The van der Waals surface area contributed by atoms with E-state index in [1.807, 2.05) is 53.0 Å². The normalized spacial score (nSPS) is 19.7. The molecule has 0 radical (unpaired) electrons. The van der Waals surface area contributed by atoms with E-state index in [0.29, 0.717) is 5.11 Å². The Morgan fingerprint density at radius 1 is 1.19 bits per heavy atom. The molecule has 1 fully saturated rings. The summed E-state index contributed by atoms with van der Waals surface area (Å²) >= 11 is 11.5. The Hall–Kier alpha value is -2.44. The summed E-state index contributed by atoms with van der Waals surface area (Å²) in [5, 5.41) is 4.11. The van der Waals surface area contributed by atoms with Crippen molar-refractivity contribution in [3.8, 4) is 5.69 Å². The predicted molar refractivity (Wildman–Crippen MR) is 104 cm³/mol. The van der Waals surface area contributed by atoms with Crippen LogP contribution >= 0.6 is 23.8 Å². The van der Waals surface area contributed by atoms with Crippen LogP contribution < -0.4 is 5.32 Å². The molecule has 1 aliphatic heterocycles. The average Bonchev–Trinajstić information content (AvgIpc) is 3.23. The first-order valence-electron chi connectivity index (χ1n) is 8.13. The molecule has 1 aliphatic rings. The topological polar surface area (TPSA) is 33.1 Å². The zero-order valence-corrected chi connectivity index (χ0v) is 15.5. The van der Waals surface area contributed by atoms with Gasteiger partial charge in [0.1, 0.15) is 5.82 Å². The maximum Gasteiger partial charge on any atom is 0.169 e. The highest BCUT2D eigenvalue weighted by atomic mass is 35.5. The Kier molecular flexibility index (Phi) is 4.38. The average molecular weight is 387 g/mol. The van der Waals surface area contributed by atoms with Crippen molar-refractivity contribution in [3.63, 3.8) is 0 Å². The van der Waals surface area contributed by atoms with Crippen LogP contribution in [0.3, 0.4) is 0 Å². The van der Waals surface area contributed by atoms with Crippen LogP contribution in [-0.2, 0) is 0 Å². The second-order valence-corrected chi connectivity index (χ2v) is 6.93. The van der Waals surface area contributed by atoms with E-state index in [4.69, 9.17) is 23.8 Å². The van der Waals surface area contributed by atoms with E-state index in [1.165, 1.54) is 6.07 Å². The minimum Gasteiger partial charge on any atom is -0.352 e. The van der Waals surface area contributed by atoms with Crippen LogP contribution in [0.25, 0.3) is 5.69 Å². The molecule has 0 saturated carbocycles. The summed E-state index contributed by atoms with van der Waals surface area (Å²) in [5.41, 5.74) is 2.72. The van der Waals surface area contributed by atoms with Gasteiger partial charge in [-0.3, -0.25) is 4.98 Å². The number of hydrogen-bond donors (Lipinski definition) is 1. The zero-order valence-electron chi connectivity index (χ0n) is 13.9. The third kappa shape index (κ3) is 2.85. The standard InChI is InChI=1S/C19H16ClFN4S/c1-24-18(17(23-19(24)26)15-5-2-3-9-22-15)16-6-4-10-25(16)12-7-8-14(21)13(20)11-12/h2-11,17-18H,1H3,(H,23,26)/t17-,18-/m0/s1. The number of pyridine rings is 1. The van der Waals surface area contributed by atoms with Crippen LogP contribution in [0.4, 0.5) is 4.39 Å². The lowest BCUT2D eigenvalue weighted by Crippen LogP contribution is -2.25. The molecule has 0 unspecified atom stereocenters. The number of nitrogens with one attached hydrogen (secondary N) is 1. The zero-order chi connectivity index (χ0) is 18.3. The fraction of sp³-hybridized carbons (Fsp3) is 0.158. The van der Waals surface area contributed by atoms with E-state index in [2.05, 4.69) is 10.3 Å². The fourth-order valence-electron chi connectivity index (χ4n) is 3.33. The smallest absolute Gasteiger partial charge is 0.169 e. The molecule has 0 spiro atoms. The molecule has 3 heterocycles. The maximum atomic E-state index is 13.6. The number of hydrogen-bond acceptors (Lipinski definition) is 2. The van der Waals surface area contributed by atoms with Crippen LogP contribution in [0.2, 0.25) is 5.02 Å². The maximum absolute atomic E-state index is 13.6. The summed E-state index contributed by atoms with van der Waals surface area (Å²) < 4.78 is 15.6. The minimum atomic E-state index is -0.434. The molecule has 1 aromatic carbocycles. The van der Waals surface area contributed by atoms with E-state index >= 15 is 0 Å². The first kappa shape index (κ1) is 17.0. The van der Waals surface area contributed by atoms with Crippen molar-refractivity contribution in [2.24, 2.45) is 0 Å². The van der Waals surface area contributed by atoms with Gasteiger partial charge in [0, 0.05) is 30.8 Å². The van der Waals surface area contributed by atoms with Crippen molar-refractivity contribution < 1.29 is 4.39 Å². The van der Waals surface area contributed by atoms with Gasteiger partial charge in [0.05, 0.1) is 22.8 Å². The van der Waals surface area contributed by atoms with E-state index < -0.39 is 5.82 Å². The molecule has 1 N–H and O–H groups in total. The molecule has 1 saturated heterocycles. The lowest BCUT2D eigenvalue weighted by molar-refractivity contribution is 0.357. The molecule has 0 aliphatic carbocycles. The monoisotopic (exact) mass is 386 g/mol. The number of aromatic nitrogens is 2. The van der Waals surface area contributed by atoms with Crippen LogP contribution in [0.1, 0.15) is 23.5 Å². The van der Waals surface area contributed by atoms with E-state index in [-0.39, 0.29) is 17.1 Å². The predicted octanol–water partition coefficient (Wildman–Crippen LogP) is 4.27. The van der Waals surface area contributed by atoms with Gasteiger partial charge < -0.3 is 14.8 Å². The summed E-state index contributed by atoms with van der Waals surface area (Å²) in [6, 6.07) is 14.4. The third-order valence-corrected chi connectivity index (χ3v) is 5.30. The van der Waals surface area contributed by atoms with E-state index in [9.17, 15) is 4.39 Å². The molecular formula is C19H16ClFN4S. The number of likely N-dealkylation sites (N-methyl/N-ethyl adjacent to an activating group) is 1. The second kappa shape index (κ2) is 6.70. The van der Waals surface area contributed by atoms with Crippen molar-refractivity contribution in [1.29, 1.82) is 0 Å². The van der Waals surface area contributed by atoms with Gasteiger partial charge in [0.25, 0.3) is 0 Å². The van der Waals surface area contributed by atoms with Crippen molar-refractivity contribution in [1.82, 2.24) is 19.8 Å². The summed E-state index contributed by atoms with van der Waals surface area (Å²) in [7, 11) is 1.96. The van der Waals surface area contributed by atoms with Gasteiger partial charge in [-0.15, -0.1) is 0 Å². The Balaban J connectivity index is 1.80. The molecule has 0 bridgehead atoms. The number of halogens is 2. The summed E-state index contributed by atoms with van der Waals surface area (Å²) in [4.78, 5) is 6.51. The van der Waals surface area contributed by atoms with Crippen LogP contribution in [0.15, 0.2) is 60.9 Å². The quantitative estimate of drug-likeness (QED) is 0.681. The van der Waals surface area contributed by atoms with Gasteiger partial charge in [-0.1, -0.05) is 17.7 Å². The molecule has 26 heavy (non-hydrogen) atoms. The Labute approximate surface area is 161 Å². The van der Waals surface area contributed by atoms with Gasteiger partial charge >= 0.3 is 0 Å². The van der Waals surface area contributed by atoms with Crippen molar-refractivity contribution in [2.45, 2.75) is 12.1 Å². The lowest BCUT2D eigenvalue weighted by Gasteiger charge is -2.25. The second-order valence-electron chi connectivity index (χ2n) is 6.14. The van der Waals surface area contributed by atoms with Gasteiger partial charge in [-0.05, 0) is 54.7 Å². The fourth-order valence-corrected chi connectivity index (χ4v) is 3.75. The SMILES string of the molecule is CN1C(=S)N[C@@H](c2ccccn2)[C@@H]1c1cccn1-c1ccc(F)c(Cl)c1. The van der Waals surface area contributed by atoms with Crippen molar-refractivity contribution in [2.75, 3.05) is 7.05 Å². The lowest BCUT2D eigenvalue weighted by atomic mass is 10.0. The highest BCUT2D eigenvalue weighted by Crippen LogP contribution is 2.38. The number of nitrogens with zero attached hydrogens (tertiary/aromatic N) is 3. The molecule has 2 atom stereocenters. The first-order valence-corrected chi connectivity index (χ1v) is 8.92. The third-order valence-electron chi connectivity index (χ3n) is 4.60. The summed E-state index contributed by atoms with van der Waals surface area (Å²) in [6.45, 7) is 0. The molecule has 132 valence electrons. The van der Waals surface area contributed by atoms with Gasteiger partial charge in [-0.25, -0.2) is 4.39 Å². The molecule has 4 rings (SSSR count). The Morgan fingerprint density at radius 2 is 2.04 bits per heavy atom. The van der Waals surface area contributed by atoms with Crippen molar-refractivity contribution in [3.05, 3.63) is 83.2 Å². The molecular weight excluding hydrogens is 371 g/mol. The first-order chi connectivity index (χ1) is 12.6. The highest BCUT2D eigenvalue weighted by molar-refractivity contribution is 7.80. The van der Waals surface area contributed by atoms with Gasteiger partial charge in [0.2, 0.25) is 0 Å². The molecule has 7 heteroatoms. The number of thiocarbonyl (C=S) groups is 1. The van der Waals surface area contributed by atoms with E-state index in [0.717, 1.165) is 17.1 Å². The van der Waals surface area contributed by atoms with E-state index in [1.54, 1.807) is 18.3 Å². The van der Waals surface area contributed by atoms with Crippen LogP contribution in [0.5, 0.6) is 0 Å². The highest BCUT2D eigenvalue weighted by Gasteiger charge is 2.39. The minimum absolute atomic E-state index is 0.0590. The summed E-state index contributed by atoms with van der Waals surface area (Å²) in [6.07, 6.45) is 3.71. The Bertz CT molecular complexity index is 959. The van der Waals surface area contributed by atoms with Crippen LogP contribution in [0, 0.1) is 5.82 Å². The summed E-state index contributed by atoms with van der Waals surface area (Å²) in [5.74, 6) is -0.434.